The molecular weight excluding hydrogens is 408 g/mol. The zero-order chi connectivity index (χ0) is 22.5. The molecule has 0 radical (unpaired) electrons. The van der Waals surface area contributed by atoms with Gasteiger partial charge in [0.25, 0.3) is 0 Å². The normalized spacial score (nSPS) is 23.9. The summed E-state index contributed by atoms with van der Waals surface area (Å²) in [5.41, 5.74) is 0.735. The molecular formula is C23H21F2NO5. The van der Waals surface area contributed by atoms with Gasteiger partial charge in [0.15, 0.2) is 5.72 Å². The summed E-state index contributed by atoms with van der Waals surface area (Å²) in [6.45, 7) is 3.40. The van der Waals surface area contributed by atoms with Crippen molar-refractivity contribution in [3.05, 3.63) is 64.9 Å². The smallest absolute Gasteiger partial charge is 0.336 e. The summed E-state index contributed by atoms with van der Waals surface area (Å²) < 4.78 is 43.9. The zero-order valence-electron chi connectivity index (χ0n) is 17.4. The molecule has 0 spiro atoms. The van der Waals surface area contributed by atoms with Crippen LogP contribution in [0, 0.1) is 17.6 Å². The van der Waals surface area contributed by atoms with Crippen molar-refractivity contribution in [2.75, 3.05) is 14.2 Å². The minimum atomic E-state index is -1.17. The number of hydrogen-bond acceptors (Lipinski definition) is 6. The van der Waals surface area contributed by atoms with E-state index >= 15 is 0 Å². The Kier molecular flexibility index (Phi) is 4.95. The predicted octanol–water partition coefficient (Wildman–Crippen LogP) is 3.66. The monoisotopic (exact) mass is 429 g/mol. The number of carbonyl (C=O) groups is 2. The maximum absolute atomic E-state index is 14.4. The molecule has 4 rings (SSSR count). The van der Waals surface area contributed by atoms with Gasteiger partial charge in [-0.15, -0.1) is 0 Å². The van der Waals surface area contributed by atoms with Crippen LogP contribution in [0.3, 0.4) is 0 Å². The number of rotatable bonds is 3. The van der Waals surface area contributed by atoms with Crippen LogP contribution in [-0.4, -0.2) is 31.9 Å². The number of esters is 2. The molecule has 2 aromatic carbocycles. The molecule has 1 N–H and O–H groups in total. The van der Waals surface area contributed by atoms with E-state index in [9.17, 15) is 18.4 Å². The first-order valence-corrected chi connectivity index (χ1v) is 9.63. The van der Waals surface area contributed by atoms with Crippen molar-refractivity contribution in [1.29, 1.82) is 0 Å². The van der Waals surface area contributed by atoms with E-state index in [1.807, 2.05) is 0 Å². The molecule has 0 fully saturated rings. The van der Waals surface area contributed by atoms with Gasteiger partial charge in [-0.2, -0.15) is 0 Å². The van der Waals surface area contributed by atoms with Gasteiger partial charge in [-0.25, -0.2) is 13.6 Å². The largest absolute Gasteiger partial charge is 0.469 e. The van der Waals surface area contributed by atoms with Gasteiger partial charge < -0.3 is 19.5 Å². The number of halogens is 2. The maximum atomic E-state index is 14.4. The first kappa shape index (κ1) is 20.8. The number of hydrogen-bond donors (Lipinski definition) is 1. The van der Waals surface area contributed by atoms with E-state index in [0.717, 1.165) is 12.1 Å². The molecule has 2 aliphatic heterocycles. The highest BCUT2D eigenvalue weighted by Gasteiger charge is 2.57. The van der Waals surface area contributed by atoms with Gasteiger partial charge in [0.2, 0.25) is 0 Å². The fraction of sp³-hybridized carbons (Fsp3) is 0.304. The molecule has 2 aromatic rings. The van der Waals surface area contributed by atoms with Crippen molar-refractivity contribution in [2.45, 2.75) is 25.5 Å². The molecule has 2 bridgehead atoms. The molecule has 0 saturated carbocycles. The van der Waals surface area contributed by atoms with Crippen LogP contribution in [0.5, 0.6) is 5.75 Å². The van der Waals surface area contributed by atoms with Crippen LogP contribution in [0.2, 0.25) is 0 Å². The van der Waals surface area contributed by atoms with Crippen LogP contribution in [0.15, 0.2) is 47.7 Å². The Morgan fingerprint density at radius 2 is 1.84 bits per heavy atom. The summed E-state index contributed by atoms with van der Waals surface area (Å²) in [5.74, 6) is -3.81. The highest BCUT2D eigenvalue weighted by molar-refractivity contribution is 5.94. The molecule has 8 heteroatoms. The lowest BCUT2D eigenvalue weighted by Gasteiger charge is -2.50. The summed E-state index contributed by atoms with van der Waals surface area (Å²) in [4.78, 5) is 25.5. The van der Waals surface area contributed by atoms with Crippen LogP contribution in [0.4, 0.5) is 8.78 Å². The first-order chi connectivity index (χ1) is 14.7. The molecule has 0 saturated heterocycles. The Morgan fingerprint density at radius 1 is 1.10 bits per heavy atom. The third-order valence-corrected chi connectivity index (χ3v) is 5.85. The Morgan fingerprint density at radius 3 is 2.48 bits per heavy atom. The molecule has 0 amide bonds. The molecule has 2 heterocycles. The summed E-state index contributed by atoms with van der Waals surface area (Å²) in [7, 11) is 2.52. The molecule has 0 aliphatic carbocycles. The minimum absolute atomic E-state index is 0.182. The summed E-state index contributed by atoms with van der Waals surface area (Å²) in [5, 5.41) is 3.11. The Hall–Kier alpha value is -3.42. The molecule has 6 nitrogen and oxygen atoms in total. The lowest BCUT2D eigenvalue weighted by atomic mass is 9.69. The van der Waals surface area contributed by atoms with Crippen molar-refractivity contribution in [3.8, 4) is 16.9 Å². The second-order valence-corrected chi connectivity index (χ2v) is 7.72. The Balaban J connectivity index is 1.95. The standard InChI is InChI=1S/C23H21F2NO5/c1-11-18(21(27)29-3)19-15-9-12(14-7-6-13(24)10-16(14)25)5-8-17(15)31-23(2,26-11)20(19)22(28)30-4/h5-10,19-20,26H,1-4H3. The van der Waals surface area contributed by atoms with E-state index in [0.29, 0.717) is 22.6 Å². The molecule has 162 valence electrons. The molecule has 0 aromatic heterocycles. The van der Waals surface area contributed by atoms with Crippen LogP contribution in [0.25, 0.3) is 11.1 Å². The maximum Gasteiger partial charge on any atom is 0.336 e. The van der Waals surface area contributed by atoms with Gasteiger partial charge in [-0.1, -0.05) is 6.07 Å². The van der Waals surface area contributed by atoms with Crippen molar-refractivity contribution >= 4 is 11.9 Å². The Labute approximate surface area is 177 Å². The topological polar surface area (TPSA) is 73.9 Å². The van der Waals surface area contributed by atoms with Gasteiger partial charge in [0, 0.05) is 28.8 Å². The van der Waals surface area contributed by atoms with Crippen LogP contribution < -0.4 is 10.1 Å². The number of methoxy groups -OCH3 is 2. The quantitative estimate of drug-likeness (QED) is 0.751. The SMILES string of the molecule is COC(=O)C1=C(C)NC2(C)Oc3ccc(-c4ccc(F)cc4F)cc3C1C2C(=O)OC. The third kappa shape index (κ3) is 3.22. The summed E-state index contributed by atoms with van der Waals surface area (Å²) in [6, 6.07) is 8.23. The van der Waals surface area contributed by atoms with E-state index in [1.54, 1.807) is 32.0 Å². The predicted molar refractivity (Wildman–Crippen MR) is 107 cm³/mol. The number of fused-ring (bicyclic) bond motifs is 4. The highest BCUT2D eigenvalue weighted by Crippen LogP contribution is 2.52. The second kappa shape index (κ2) is 7.37. The van der Waals surface area contributed by atoms with Crippen molar-refractivity contribution in [2.24, 2.45) is 5.92 Å². The van der Waals surface area contributed by atoms with Crippen LogP contribution in [-0.2, 0) is 19.1 Å². The lowest BCUT2D eigenvalue weighted by Crippen LogP contribution is -2.63. The molecule has 2 aliphatic rings. The fourth-order valence-electron chi connectivity index (χ4n) is 4.54. The van der Waals surface area contributed by atoms with Crippen molar-refractivity contribution < 1.29 is 32.6 Å². The number of allylic oxidation sites excluding steroid dienone is 1. The molecule has 3 unspecified atom stereocenters. The van der Waals surface area contributed by atoms with Crippen molar-refractivity contribution in [1.82, 2.24) is 5.32 Å². The summed E-state index contributed by atoms with van der Waals surface area (Å²) in [6.07, 6.45) is 0. The van der Waals surface area contributed by atoms with Gasteiger partial charge in [0.05, 0.1) is 19.8 Å². The molecule has 3 atom stereocenters. The Bertz CT molecular complexity index is 1130. The highest BCUT2D eigenvalue weighted by atomic mass is 19.1. The van der Waals surface area contributed by atoms with Gasteiger partial charge in [-0.05, 0) is 43.7 Å². The fourth-order valence-corrected chi connectivity index (χ4v) is 4.54. The zero-order valence-corrected chi connectivity index (χ0v) is 17.4. The number of ether oxygens (including phenoxy) is 3. The first-order valence-electron chi connectivity index (χ1n) is 9.63. The average molecular weight is 429 g/mol. The third-order valence-electron chi connectivity index (χ3n) is 5.85. The van der Waals surface area contributed by atoms with Gasteiger partial charge in [-0.3, -0.25) is 4.79 Å². The van der Waals surface area contributed by atoms with E-state index in [1.165, 1.54) is 20.3 Å². The van der Waals surface area contributed by atoms with Crippen molar-refractivity contribution in [3.63, 3.8) is 0 Å². The minimum Gasteiger partial charge on any atom is -0.469 e. The number of nitrogens with one attached hydrogen (secondary N) is 1. The second-order valence-electron chi connectivity index (χ2n) is 7.72. The van der Waals surface area contributed by atoms with Gasteiger partial charge in [0.1, 0.15) is 23.3 Å². The molecule has 31 heavy (non-hydrogen) atoms. The van der Waals surface area contributed by atoms with Gasteiger partial charge >= 0.3 is 11.9 Å². The number of benzene rings is 2. The van der Waals surface area contributed by atoms with E-state index < -0.39 is 41.1 Å². The van der Waals surface area contributed by atoms with Crippen LogP contribution in [0.1, 0.15) is 25.3 Å². The van der Waals surface area contributed by atoms with Crippen LogP contribution >= 0.6 is 0 Å². The summed E-state index contributed by atoms with van der Waals surface area (Å²) >= 11 is 0. The van der Waals surface area contributed by atoms with E-state index in [2.05, 4.69) is 5.32 Å². The van der Waals surface area contributed by atoms with E-state index in [4.69, 9.17) is 14.2 Å². The average Bonchev–Trinajstić information content (AvgIpc) is 2.72. The lowest BCUT2D eigenvalue weighted by molar-refractivity contribution is -0.159. The van der Waals surface area contributed by atoms with E-state index in [-0.39, 0.29) is 11.1 Å². The number of carbonyl (C=O) groups excluding carboxylic acids is 2.